The van der Waals surface area contributed by atoms with E-state index in [1.165, 1.54) is 25.0 Å². The minimum atomic E-state index is -4.31. The van der Waals surface area contributed by atoms with Crippen LogP contribution in [-0.4, -0.2) is 41.3 Å². The summed E-state index contributed by atoms with van der Waals surface area (Å²) in [6.07, 6.45) is -0.203. The number of nitrogens with zero attached hydrogens (tertiary/aromatic N) is 2. The standard InChI is InChI=1S/C19H25F3N4.ClH/c1-2-23-11-14-7-9-26(10-8-14)13-16-12-24-25-18(16)15-3-5-17(6-4-15)19(20,21)22;/h3-6,12,14,23H,2,7-11,13H2,1H3,(H,24,25);1H. The highest BCUT2D eigenvalue weighted by molar-refractivity contribution is 5.85. The summed E-state index contributed by atoms with van der Waals surface area (Å²) < 4.78 is 38.2. The lowest BCUT2D eigenvalue weighted by molar-refractivity contribution is -0.137. The van der Waals surface area contributed by atoms with Crippen molar-refractivity contribution in [2.45, 2.75) is 32.5 Å². The average molecular weight is 403 g/mol. The summed E-state index contributed by atoms with van der Waals surface area (Å²) in [6.45, 7) is 7.04. The van der Waals surface area contributed by atoms with Gasteiger partial charge in [-0.1, -0.05) is 19.1 Å². The third-order valence-corrected chi connectivity index (χ3v) is 5.00. The highest BCUT2D eigenvalue weighted by Gasteiger charge is 2.30. The Labute approximate surface area is 163 Å². The van der Waals surface area contributed by atoms with E-state index in [0.29, 0.717) is 0 Å². The molecule has 150 valence electrons. The molecule has 27 heavy (non-hydrogen) atoms. The molecular formula is C19H26ClF3N4. The number of halogens is 4. The van der Waals surface area contributed by atoms with Crippen molar-refractivity contribution in [3.8, 4) is 11.3 Å². The van der Waals surface area contributed by atoms with Gasteiger partial charge in [0, 0.05) is 12.1 Å². The van der Waals surface area contributed by atoms with Crippen LogP contribution in [0.15, 0.2) is 30.5 Å². The molecule has 8 heteroatoms. The molecule has 2 aromatic rings. The van der Waals surface area contributed by atoms with Gasteiger partial charge in [-0.3, -0.25) is 10.00 Å². The molecule has 0 unspecified atom stereocenters. The Morgan fingerprint density at radius 3 is 2.44 bits per heavy atom. The molecule has 1 fully saturated rings. The number of piperidine rings is 1. The van der Waals surface area contributed by atoms with E-state index in [4.69, 9.17) is 0 Å². The van der Waals surface area contributed by atoms with Gasteiger partial charge in [-0.25, -0.2) is 0 Å². The molecule has 0 amide bonds. The molecule has 1 aliphatic rings. The fourth-order valence-electron chi connectivity index (χ4n) is 3.44. The zero-order valence-corrected chi connectivity index (χ0v) is 16.2. The molecule has 0 spiro atoms. The maximum Gasteiger partial charge on any atom is 0.416 e. The van der Waals surface area contributed by atoms with Gasteiger partial charge < -0.3 is 5.32 Å². The van der Waals surface area contributed by atoms with E-state index in [0.717, 1.165) is 67.6 Å². The molecule has 0 radical (unpaired) electrons. The maximum atomic E-state index is 12.7. The Hall–Kier alpha value is -1.57. The first-order valence-corrected chi connectivity index (χ1v) is 9.10. The number of hydrogen-bond donors (Lipinski definition) is 2. The Morgan fingerprint density at radius 1 is 1.19 bits per heavy atom. The number of aromatic amines is 1. The summed E-state index contributed by atoms with van der Waals surface area (Å²) in [5.41, 5.74) is 1.92. The van der Waals surface area contributed by atoms with Gasteiger partial charge in [-0.05, 0) is 62.6 Å². The number of benzene rings is 1. The van der Waals surface area contributed by atoms with Crippen LogP contribution in [0, 0.1) is 5.92 Å². The number of likely N-dealkylation sites (tertiary alicyclic amines) is 1. The summed E-state index contributed by atoms with van der Waals surface area (Å²) in [5.74, 6) is 0.727. The number of H-pyrrole nitrogens is 1. The van der Waals surface area contributed by atoms with Gasteiger partial charge in [0.25, 0.3) is 0 Å². The minimum Gasteiger partial charge on any atom is -0.317 e. The van der Waals surface area contributed by atoms with E-state index >= 15 is 0 Å². The highest BCUT2D eigenvalue weighted by atomic mass is 35.5. The Balaban J connectivity index is 0.00000261. The van der Waals surface area contributed by atoms with Crippen LogP contribution in [0.25, 0.3) is 11.3 Å². The molecule has 2 heterocycles. The van der Waals surface area contributed by atoms with E-state index in [-0.39, 0.29) is 12.4 Å². The first-order chi connectivity index (χ1) is 12.5. The van der Waals surface area contributed by atoms with Crippen molar-refractivity contribution in [2.75, 3.05) is 26.2 Å². The fraction of sp³-hybridized carbons (Fsp3) is 0.526. The van der Waals surface area contributed by atoms with Gasteiger partial charge in [-0.15, -0.1) is 12.4 Å². The Kier molecular flexibility index (Phi) is 7.70. The lowest BCUT2D eigenvalue weighted by atomic mass is 9.96. The molecule has 0 saturated carbocycles. The van der Waals surface area contributed by atoms with Crippen molar-refractivity contribution in [1.29, 1.82) is 0 Å². The molecule has 0 aliphatic carbocycles. The van der Waals surface area contributed by atoms with Gasteiger partial charge in [0.2, 0.25) is 0 Å². The van der Waals surface area contributed by atoms with Gasteiger partial charge in [-0.2, -0.15) is 18.3 Å². The molecule has 1 aromatic carbocycles. The molecule has 1 aromatic heterocycles. The molecule has 3 rings (SSSR count). The average Bonchev–Trinajstić information content (AvgIpc) is 3.08. The molecule has 1 aliphatic heterocycles. The van der Waals surface area contributed by atoms with Crippen molar-refractivity contribution in [3.05, 3.63) is 41.6 Å². The SMILES string of the molecule is CCNCC1CCN(Cc2cn[nH]c2-c2ccc(C(F)(F)F)cc2)CC1.Cl. The summed E-state index contributed by atoms with van der Waals surface area (Å²) in [4.78, 5) is 2.39. The smallest absolute Gasteiger partial charge is 0.317 e. The zero-order valence-electron chi connectivity index (χ0n) is 15.4. The van der Waals surface area contributed by atoms with Crippen LogP contribution in [0.1, 0.15) is 30.9 Å². The van der Waals surface area contributed by atoms with Gasteiger partial charge in [0.1, 0.15) is 0 Å². The second kappa shape index (κ2) is 9.57. The number of nitrogens with one attached hydrogen (secondary N) is 2. The van der Waals surface area contributed by atoms with E-state index in [2.05, 4.69) is 27.3 Å². The Bertz CT molecular complexity index is 692. The van der Waals surface area contributed by atoms with Crippen LogP contribution < -0.4 is 5.32 Å². The summed E-state index contributed by atoms with van der Waals surface area (Å²) in [7, 11) is 0. The molecule has 4 nitrogen and oxygen atoms in total. The molecule has 2 N–H and O–H groups in total. The van der Waals surface area contributed by atoms with Crippen molar-refractivity contribution in [1.82, 2.24) is 20.4 Å². The lowest BCUT2D eigenvalue weighted by Crippen LogP contribution is -2.36. The van der Waals surface area contributed by atoms with Gasteiger partial charge in [0.15, 0.2) is 0 Å². The van der Waals surface area contributed by atoms with E-state index in [1.807, 2.05) is 0 Å². The van der Waals surface area contributed by atoms with Crippen molar-refractivity contribution < 1.29 is 13.2 Å². The van der Waals surface area contributed by atoms with Crippen LogP contribution in [0.2, 0.25) is 0 Å². The van der Waals surface area contributed by atoms with Crippen LogP contribution in [0.5, 0.6) is 0 Å². The predicted octanol–water partition coefficient (Wildman–Crippen LogP) is 4.34. The number of hydrogen-bond acceptors (Lipinski definition) is 3. The minimum absolute atomic E-state index is 0. The third-order valence-electron chi connectivity index (χ3n) is 5.00. The second-order valence-electron chi connectivity index (χ2n) is 6.87. The summed E-state index contributed by atoms with van der Waals surface area (Å²) >= 11 is 0. The number of rotatable bonds is 6. The summed E-state index contributed by atoms with van der Waals surface area (Å²) in [6, 6.07) is 5.24. The number of alkyl halides is 3. The van der Waals surface area contributed by atoms with Crippen molar-refractivity contribution >= 4 is 12.4 Å². The van der Waals surface area contributed by atoms with Crippen LogP contribution in [0.3, 0.4) is 0 Å². The number of aromatic nitrogens is 2. The van der Waals surface area contributed by atoms with E-state index < -0.39 is 11.7 Å². The normalized spacial score (nSPS) is 16.3. The monoisotopic (exact) mass is 402 g/mol. The van der Waals surface area contributed by atoms with Crippen LogP contribution >= 0.6 is 12.4 Å². The first-order valence-electron chi connectivity index (χ1n) is 9.10. The molecular weight excluding hydrogens is 377 g/mol. The molecule has 0 atom stereocenters. The van der Waals surface area contributed by atoms with Crippen molar-refractivity contribution in [2.24, 2.45) is 5.92 Å². The zero-order chi connectivity index (χ0) is 18.6. The Morgan fingerprint density at radius 2 is 1.85 bits per heavy atom. The highest BCUT2D eigenvalue weighted by Crippen LogP contribution is 2.31. The molecule has 0 bridgehead atoms. The van der Waals surface area contributed by atoms with Crippen LogP contribution in [0.4, 0.5) is 13.2 Å². The quantitative estimate of drug-likeness (QED) is 0.755. The first kappa shape index (κ1) is 21.7. The summed E-state index contributed by atoms with van der Waals surface area (Å²) in [5, 5.41) is 10.5. The topological polar surface area (TPSA) is 44.0 Å². The van der Waals surface area contributed by atoms with E-state index in [1.54, 1.807) is 6.20 Å². The second-order valence-corrected chi connectivity index (χ2v) is 6.87. The molecule has 1 saturated heterocycles. The van der Waals surface area contributed by atoms with E-state index in [9.17, 15) is 13.2 Å². The third kappa shape index (κ3) is 5.70. The van der Waals surface area contributed by atoms with Gasteiger partial charge >= 0.3 is 6.18 Å². The maximum absolute atomic E-state index is 12.7. The largest absolute Gasteiger partial charge is 0.416 e. The fourth-order valence-corrected chi connectivity index (χ4v) is 3.44. The van der Waals surface area contributed by atoms with Crippen molar-refractivity contribution in [3.63, 3.8) is 0 Å². The lowest BCUT2D eigenvalue weighted by Gasteiger charge is -2.32. The van der Waals surface area contributed by atoms with Crippen LogP contribution in [-0.2, 0) is 12.7 Å². The van der Waals surface area contributed by atoms with Gasteiger partial charge in [0.05, 0.1) is 17.5 Å². The predicted molar refractivity (Wildman–Crippen MR) is 103 cm³/mol.